The summed E-state index contributed by atoms with van der Waals surface area (Å²) in [6.45, 7) is 1.92. The van der Waals surface area contributed by atoms with E-state index in [4.69, 9.17) is 10.9 Å². The number of amides is 1. The highest BCUT2D eigenvalue weighted by Crippen LogP contribution is 2.11. The van der Waals surface area contributed by atoms with Crippen molar-refractivity contribution in [3.8, 4) is 0 Å². The van der Waals surface area contributed by atoms with E-state index in [1.54, 1.807) is 14.0 Å². The lowest BCUT2D eigenvalue weighted by Crippen LogP contribution is -2.30. The summed E-state index contributed by atoms with van der Waals surface area (Å²) < 4.78 is 13.1. The third kappa shape index (κ3) is 3.44. The molecule has 18 heavy (non-hydrogen) atoms. The van der Waals surface area contributed by atoms with Crippen LogP contribution < -0.4 is 5.73 Å². The maximum Gasteiger partial charge on any atom is 0.253 e. The minimum atomic E-state index is -0.342. The molecule has 0 aliphatic rings. The summed E-state index contributed by atoms with van der Waals surface area (Å²) in [7, 11) is 1.60. The largest absolute Gasteiger partial charge is 0.409 e. The van der Waals surface area contributed by atoms with Crippen molar-refractivity contribution < 1.29 is 14.4 Å². The van der Waals surface area contributed by atoms with Crippen LogP contribution in [0.3, 0.4) is 0 Å². The predicted octanol–water partition coefficient (Wildman–Crippen LogP) is 1.34. The van der Waals surface area contributed by atoms with Gasteiger partial charge in [0.05, 0.1) is 0 Å². The monoisotopic (exact) mass is 253 g/mol. The molecule has 1 amide bonds. The number of amidine groups is 1. The predicted molar refractivity (Wildman–Crippen MR) is 66.1 cm³/mol. The first kappa shape index (κ1) is 14.0. The summed E-state index contributed by atoms with van der Waals surface area (Å²) in [5.74, 6) is -0.514. The van der Waals surface area contributed by atoms with Crippen LogP contribution in [0, 0.1) is 12.7 Å². The van der Waals surface area contributed by atoms with Crippen molar-refractivity contribution in [2.45, 2.75) is 13.3 Å². The fourth-order valence-electron chi connectivity index (χ4n) is 1.43. The molecule has 0 saturated carbocycles. The van der Waals surface area contributed by atoms with Gasteiger partial charge < -0.3 is 15.8 Å². The molecular weight excluding hydrogens is 237 g/mol. The van der Waals surface area contributed by atoms with Gasteiger partial charge in [0.2, 0.25) is 0 Å². The number of rotatable bonds is 4. The first-order valence-corrected chi connectivity index (χ1v) is 5.43. The molecule has 1 aromatic rings. The maximum atomic E-state index is 13.1. The molecule has 5 nitrogen and oxygen atoms in total. The van der Waals surface area contributed by atoms with Crippen LogP contribution in [0.15, 0.2) is 23.4 Å². The fourth-order valence-corrected chi connectivity index (χ4v) is 1.43. The molecule has 0 saturated heterocycles. The van der Waals surface area contributed by atoms with Gasteiger partial charge in [-0.3, -0.25) is 4.79 Å². The Balaban J connectivity index is 2.71. The van der Waals surface area contributed by atoms with E-state index in [2.05, 4.69) is 5.16 Å². The Hall–Kier alpha value is -2.11. The lowest BCUT2D eigenvalue weighted by molar-refractivity contribution is 0.0798. The molecule has 0 bridgehead atoms. The van der Waals surface area contributed by atoms with Crippen LogP contribution >= 0.6 is 0 Å². The number of nitrogens with zero attached hydrogens (tertiary/aromatic N) is 2. The highest BCUT2D eigenvalue weighted by atomic mass is 19.1. The van der Waals surface area contributed by atoms with Crippen LogP contribution in [-0.2, 0) is 0 Å². The number of nitrogens with two attached hydrogens (primary N) is 1. The second-order valence-corrected chi connectivity index (χ2v) is 4.03. The molecular formula is C12H16FN3O2. The summed E-state index contributed by atoms with van der Waals surface area (Å²) in [4.78, 5) is 13.4. The second kappa shape index (κ2) is 6.00. The highest BCUT2D eigenvalue weighted by Gasteiger charge is 2.13. The molecule has 0 fully saturated rings. The van der Waals surface area contributed by atoms with Gasteiger partial charge in [-0.1, -0.05) is 5.16 Å². The minimum absolute atomic E-state index is 0.0601. The lowest BCUT2D eigenvalue weighted by atomic mass is 10.1. The van der Waals surface area contributed by atoms with Crippen LogP contribution in [0.2, 0.25) is 0 Å². The standard InChI is InChI=1S/C12H16FN3O2/c1-8-7-9(3-4-10(8)13)12(17)16(2)6-5-11(14)15-18/h3-4,7,18H,5-6H2,1-2H3,(H2,14,15). The number of oxime groups is 1. The van der Waals surface area contributed by atoms with E-state index >= 15 is 0 Å². The highest BCUT2D eigenvalue weighted by molar-refractivity contribution is 5.94. The average molecular weight is 253 g/mol. The molecule has 0 aromatic heterocycles. The quantitative estimate of drug-likeness (QED) is 0.368. The summed E-state index contributed by atoms with van der Waals surface area (Å²) in [5, 5.41) is 11.2. The van der Waals surface area contributed by atoms with E-state index in [9.17, 15) is 9.18 Å². The summed E-state index contributed by atoms with van der Waals surface area (Å²) in [5.41, 5.74) is 6.15. The van der Waals surface area contributed by atoms with E-state index in [1.165, 1.54) is 23.1 Å². The number of carbonyl (C=O) groups is 1. The SMILES string of the molecule is Cc1cc(C(=O)N(C)CCC(N)=NO)ccc1F. The number of halogens is 1. The maximum absolute atomic E-state index is 13.1. The van der Waals surface area contributed by atoms with E-state index in [1.807, 2.05) is 0 Å². The van der Waals surface area contributed by atoms with Gasteiger partial charge in [0, 0.05) is 25.6 Å². The third-order valence-corrected chi connectivity index (χ3v) is 2.58. The van der Waals surface area contributed by atoms with E-state index < -0.39 is 0 Å². The number of carbonyl (C=O) groups excluding carboxylic acids is 1. The molecule has 0 atom stereocenters. The Morgan fingerprint density at radius 3 is 2.78 bits per heavy atom. The van der Waals surface area contributed by atoms with Gasteiger partial charge >= 0.3 is 0 Å². The zero-order valence-electron chi connectivity index (χ0n) is 10.4. The van der Waals surface area contributed by atoms with Crippen molar-refractivity contribution in [3.63, 3.8) is 0 Å². The Morgan fingerprint density at radius 1 is 1.56 bits per heavy atom. The molecule has 98 valence electrons. The number of hydrogen-bond acceptors (Lipinski definition) is 3. The van der Waals surface area contributed by atoms with Gasteiger partial charge in [0.1, 0.15) is 11.7 Å². The van der Waals surface area contributed by atoms with Crippen molar-refractivity contribution in [2.24, 2.45) is 10.9 Å². The van der Waals surface area contributed by atoms with Gasteiger partial charge in [-0.15, -0.1) is 0 Å². The van der Waals surface area contributed by atoms with Crippen molar-refractivity contribution >= 4 is 11.7 Å². The normalized spacial score (nSPS) is 11.4. The first-order valence-electron chi connectivity index (χ1n) is 5.43. The number of aryl methyl sites for hydroxylation is 1. The second-order valence-electron chi connectivity index (χ2n) is 4.03. The Morgan fingerprint density at radius 2 is 2.22 bits per heavy atom. The summed E-state index contributed by atoms with van der Waals surface area (Å²) >= 11 is 0. The van der Waals surface area contributed by atoms with Crippen molar-refractivity contribution in [2.75, 3.05) is 13.6 Å². The van der Waals surface area contributed by atoms with Crippen LogP contribution in [0.25, 0.3) is 0 Å². The van der Waals surface area contributed by atoms with E-state index in [-0.39, 0.29) is 24.0 Å². The van der Waals surface area contributed by atoms with Gasteiger partial charge in [-0.05, 0) is 30.7 Å². The Labute approximate surface area is 105 Å². The smallest absolute Gasteiger partial charge is 0.253 e. The van der Waals surface area contributed by atoms with Gasteiger partial charge in [-0.25, -0.2) is 4.39 Å². The molecule has 0 radical (unpaired) electrons. The number of benzene rings is 1. The average Bonchev–Trinajstić information content (AvgIpc) is 2.37. The molecule has 6 heteroatoms. The molecule has 0 aliphatic carbocycles. The van der Waals surface area contributed by atoms with Crippen molar-refractivity contribution in [3.05, 3.63) is 35.1 Å². The third-order valence-electron chi connectivity index (χ3n) is 2.58. The van der Waals surface area contributed by atoms with E-state index in [0.29, 0.717) is 17.7 Å². The Bertz CT molecular complexity index is 474. The van der Waals surface area contributed by atoms with Crippen LogP contribution in [0.4, 0.5) is 4.39 Å². The topological polar surface area (TPSA) is 78.9 Å². The van der Waals surface area contributed by atoms with Crippen LogP contribution in [0.1, 0.15) is 22.3 Å². The molecule has 0 heterocycles. The molecule has 1 rings (SSSR count). The minimum Gasteiger partial charge on any atom is -0.409 e. The van der Waals surface area contributed by atoms with Crippen LogP contribution in [0.5, 0.6) is 0 Å². The molecule has 0 spiro atoms. The summed E-state index contributed by atoms with van der Waals surface area (Å²) in [6.07, 6.45) is 0.277. The zero-order valence-corrected chi connectivity index (χ0v) is 10.4. The molecule has 3 N–H and O–H groups in total. The summed E-state index contributed by atoms with van der Waals surface area (Å²) in [6, 6.07) is 4.20. The van der Waals surface area contributed by atoms with Crippen molar-refractivity contribution in [1.29, 1.82) is 0 Å². The molecule has 0 unspecified atom stereocenters. The van der Waals surface area contributed by atoms with Gasteiger partial charge in [-0.2, -0.15) is 0 Å². The fraction of sp³-hybridized carbons (Fsp3) is 0.333. The zero-order chi connectivity index (χ0) is 13.7. The van der Waals surface area contributed by atoms with E-state index in [0.717, 1.165) is 0 Å². The number of hydrogen-bond donors (Lipinski definition) is 2. The Kier molecular flexibility index (Phi) is 4.65. The lowest BCUT2D eigenvalue weighted by Gasteiger charge is -2.17. The van der Waals surface area contributed by atoms with Crippen LogP contribution in [-0.4, -0.2) is 35.4 Å². The molecule has 0 aliphatic heterocycles. The van der Waals surface area contributed by atoms with Crippen molar-refractivity contribution in [1.82, 2.24) is 4.90 Å². The van der Waals surface area contributed by atoms with Gasteiger partial charge in [0.15, 0.2) is 0 Å². The molecule has 1 aromatic carbocycles. The van der Waals surface area contributed by atoms with Gasteiger partial charge in [0.25, 0.3) is 5.91 Å². The first-order chi connectivity index (χ1) is 8.45.